The molecule has 0 atom stereocenters. The molecule has 3 rings (SSSR count). The lowest BCUT2D eigenvalue weighted by Crippen LogP contribution is -2.52. The van der Waals surface area contributed by atoms with Crippen LogP contribution in [0.2, 0.25) is 10.0 Å². The van der Waals surface area contributed by atoms with Gasteiger partial charge in [-0.25, -0.2) is 4.79 Å². The van der Waals surface area contributed by atoms with E-state index < -0.39 is 0 Å². The maximum absolute atomic E-state index is 12.4. The van der Waals surface area contributed by atoms with E-state index >= 15 is 0 Å². The van der Waals surface area contributed by atoms with Crippen molar-refractivity contribution in [2.24, 2.45) is 0 Å². The summed E-state index contributed by atoms with van der Waals surface area (Å²) in [5.74, 6) is 0.334. The van der Waals surface area contributed by atoms with Crippen molar-refractivity contribution in [2.75, 3.05) is 50.1 Å². The number of methoxy groups -OCH3 is 1. The molecular formula is C20H22Cl2N4O3. The van der Waals surface area contributed by atoms with Gasteiger partial charge in [-0.15, -0.1) is 0 Å². The van der Waals surface area contributed by atoms with E-state index in [2.05, 4.69) is 15.5 Å². The molecule has 3 amide bonds. The summed E-state index contributed by atoms with van der Waals surface area (Å²) in [6, 6.07) is 12.3. The smallest absolute Gasteiger partial charge is 0.317 e. The lowest BCUT2D eigenvalue weighted by molar-refractivity contribution is -0.115. The van der Waals surface area contributed by atoms with E-state index in [0.29, 0.717) is 47.7 Å². The number of piperazine rings is 1. The predicted octanol–water partition coefficient (Wildman–Crippen LogP) is 3.47. The number of carbonyl (C=O) groups is 2. The molecule has 2 N–H and O–H groups in total. The number of urea groups is 1. The quantitative estimate of drug-likeness (QED) is 0.752. The second-order valence-corrected chi connectivity index (χ2v) is 7.27. The van der Waals surface area contributed by atoms with E-state index in [4.69, 9.17) is 27.9 Å². The van der Waals surface area contributed by atoms with E-state index in [0.717, 1.165) is 5.69 Å². The fourth-order valence-electron chi connectivity index (χ4n) is 3.06. The van der Waals surface area contributed by atoms with E-state index in [9.17, 15) is 9.59 Å². The van der Waals surface area contributed by atoms with E-state index in [-0.39, 0.29) is 18.5 Å². The number of carbonyl (C=O) groups excluding carboxylic acids is 2. The van der Waals surface area contributed by atoms with E-state index in [1.807, 2.05) is 12.1 Å². The van der Waals surface area contributed by atoms with Gasteiger partial charge in [0.15, 0.2) is 0 Å². The van der Waals surface area contributed by atoms with Gasteiger partial charge >= 0.3 is 6.03 Å². The number of rotatable bonds is 5. The van der Waals surface area contributed by atoms with Crippen LogP contribution in [0.4, 0.5) is 16.2 Å². The minimum absolute atomic E-state index is 0.115. The van der Waals surface area contributed by atoms with Crippen molar-refractivity contribution in [3.8, 4) is 5.75 Å². The monoisotopic (exact) mass is 436 g/mol. The predicted molar refractivity (Wildman–Crippen MR) is 115 cm³/mol. The first kappa shape index (κ1) is 21.1. The van der Waals surface area contributed by atoms with Crippen LogP contribution in [0, 0.1) is 0 Å². The number of nitrogens with zero attached hydrogens (tertiary/aromatic N) is 2. The van der Waals surface area contributed by atoms with Crippen LogP contribution in [0.3, 0.4) is 0 Å². The van der Waals surface area contributed by atoms with Gasteiger partial charge in [0.1, 0.15) is 5.75 Å². The molecule has 0 aromatic heterocycles. The fourth-order valence-corrected chi connectivity index (χ4v) is 3.48. The largest absolute Gasteiger partial charge is 0.497 e. The number of hydrogen-bond acceptors (Lipinski definition) is 4. The second kappa shape index (κ2) is 9.71. The molecule has 9 heteroatoms. The fraction of sp³-hybridized carbons (Fsp3) is 0.300. The first-order chi connectivity index (χ1) is 14.0. The van der Waals surface area contributed by atoms with Gasteiger partial charge in [0.25, 0.3) is 0 Å². The highest BCUT2D eigenvalue weighted by Crippen LogP contribution is 2.32. The minimum Gasteiger partial charge on any atom is -0.497 e. The third kappa shape index (κ3) is 5.46. The Bertz CT molecular complexity index is 886. The van der Waals surface area contributed by atoms with Gasteiger partial charge in [-0.3, -0.25) is 4.79 Å². The van der Waals surface area contributed by atoms with Gasteiger partial charge in [-0.2, -0.15) is 0 Å². The molecule has 0 unspecified atom stereocenters. The topological polar surface area (TPSA) is 73.9 Å². The molecule has 1 aliphatic rings. The third-order valence-corrected chi connectivity index (χ3v) is 5.40. The van der Waals surface area contributed by atoms with Crippen molar-refractivity contribution in [2.45, 2.75) is 0 Å². The van der Waals surface area contributed by atoms with Crippen LogP contribution in [-0.4, -0.2) is 56.7 Å². The molecule has 1 heterocycles. The lowest BCUT2D eigenvalue weighted by Gasteiger charge is -2.36. The van der Waals surface area contributed by atoms with Gasteiger partial charge in [0, 0.05) is 37.9 Å². The van der Waals surface area contributed by atoms with Crippen LogP contribution >= 0.6 is 23.2 Å². The number of halogens is 2. The summed E-state index contributed by atoms with van der Waals surface area (Å²) in [6.07, 6.45) is 0. The third-order valence-electron chi connectivity index (χ3n) is 4.59. The molecule has 1 saturated heterocycles. The zero-order chi connectivity index (χ0) is 20.8. The molecular weight excluding hydrogens is 415 g/mol. The number of amides is 3. The first-order valence-electron chi connectivity index (χ1n) is 9.13. The molecule has 2 aromatic carbocycles. The minimum atomic E-state index is -0.309. The Labute approximate surface area is 179 Å². The second-order valence-electron chi connectivity index (χ2n) is 6.49. The Morgan fingerprint density at radius 2 is 1.79 bits per heavy atom. The standard InChI is InChI=1S/C20H22Cl2N4O3/c1-29-15-5-2-4-14(12-15)24-18(27)13-23-20(28)26-10-8-25(9-11-26)17-7-3-6-16(21)19(17)22/h2-7,12H,8-11,13H2,1H3,(H,23,28)(H,24,27). The molecule has 29 heavy (non-hydrogen) atoms. The van der Waals surface area contributed by atoms with Gasteiger partial charge in [0.05, 0.1) is 29.4 Å². The number of hydrogen-bond donors (Lipinski definition) is 2. The van der Waals surface area contributed by atoms with Crippen molar-refractivity contribution in [3.63, 3.8) is 0 Å². The Balaban J connectivity index is 1.46. The number of ether oxygens (including phenoxy) is 1. The lowest BCUT2D eigenvalue weighted by atomic mass is 10.2. The molecule has 1 aliphatic heterocycles. The highest BCUT2D eigenvalue weighted by molar-refractivity contribution is 6.43. The molecule has 1 fully saturated rings. The Morgan fingerprint density at radius 1 is 1.07 bits per heavy atom. The van der Waals surface area contributed by atoms with Gasteiger partial charge in [-0.05, 0) is 24.3 Å². The summed E-state index contributed by atoms with van der Waals surface area (Å²) in [4.78, 5) is 28.2. The number of benzene rings is 2. The van der Waals surface area contributed by atoms with Crippen LogP contribution in [-0.2, 0) is 4.79 Å². The van der Waals surface area contributed by atoms with Crippen LogP contribution in [0.1, 0.15) is 0 Å². The normalized spacial score (nSPS) is 13.8. The van der Waals surface area contributed by atoms with Crippen molar-refractivity contribution < 1.29 is 14.3 Å². The Hall–Kier alpha value is -2.64. The zero-order valence-electron chi connectivity index (χ0n) is 16.0. The molecule has 0 spiro atoms. The maximum atomic E-state index is 12.4. The number of anilines is 2. The van der Waals surface area contributed by atoms with Crippen LogP contribution in [0.5, 0.6) is 5.75 Å². The average Bonchev–Trinajstić information content (AvgIpc) is 2.74. The number of nitrogens with one attached hydrogen (secondary N) is 2. The first-order valence-corrected chi connectivity index (χ1v) is 9.89. The summed E-state index contributed by atoms with van der Waals surface area (Å²) in [5, 5.41) is 6.40. The molecule has 2 aromatic rings. The Kier molecular flexibility index (Phi) is 7.06. The molecule has 0 aliphatic carbocycles. The van der Waals surface area contributed by atoms with Crippen LogP contribution in [0.15, 0.2) is 42.5 Å². The summed E-state index contributed by atoms with van der Waals surface area (Å²) in [7, 11) is 1.56. The van der Waals surface area contributed by atoms with Crippen LogP contribution < -0.4 is 20.3 Å². The molecule has 0 radical (unpaired) electrons. The summed E-state index contributed by atoms with van der Waals surface area (Å²) < 4.78 is 5.12. The van der Waals surface area contributed by atoms with E-state index in [1.165, 1.54) is 0 Å². The SMILES string of the molecule is COc1cccc(NC(=O)CNC(=O)N2CCN(c3cccc(Cl)c3Cl)CC2)c1. The molecule has 0 saturated carbocycles. The van der Waals surface area contributed by atoms with Crippen molar-refractivity contribution in [1.82, 2.24) is 10.2 Å². The van der Waals surface area contributed by atoms with Gasteiger partial charge < -0.3 is 25.2 Å². The summed E-state index contributed by atoms with van der Waals surface area (Å²) in [6.45, 7) is 2.18. The van der Waals surface area contributed by atoms with Crippen molar-refractivity contribution in [1.29, 1.82) is 0 Å². The zero-order valence-corrected chi connectivity index (χ0v) is 17.5. The molecule has 154 valence electrons. The van der Waals surface area contributed by atoms with E-state index in [1.54, 1.807) is 42.3 Å². The average molecular weight is 437 g/mol. The maximum Gasteiger partial charge on any atom is 0.317 e. The van der Waals surface area contributed by atoms with Crippen molar-refractivity contribution >= 4 is 46.5 Å². The summed E-state index contributed by atoms with van der Waals surface area (Å²) in [5.41, 5.74) is 1.47. The van der Waals surface area contributed by atoms with Crippen LogP contribution in [0.25, 0.3) is 0 Å². The Morgan fingerprint density at radius 3 is 2.52 bits per heavy atom. The molecule has 0 bridgehead atoms. The van der Waals surface area contributed by atoms with Crippen molar-refractivity contribution in [3.05, 3.63) is 52.5 Å². The molecule has 7 nitrogen and oxygen atoms in total. The van der Waals surface area contributed by atoms with Gasteiger partial charge in [-0.1, -0.05) is 35.3 Å². The highest BCUT2D eigenvalue weighted by atomic mass is 35.5. The highest BCUT2D eigenvalue weighted by Gasteiger charge is 2.23. The summed E-state index contributed by atoms with van der Waals surface area (Å²) >= 11 is 12.4. The van der Waals surface area contributed by atoms with Gasteiger partial charge in [0.2, 0.25) is 5.91 Å².